The summed E-state index contributed by atoms with van der Waals surface area (Å²) < 4.78 is 0. The van der Waals surface area contributed by atoms with E-state index >= 15 is 0 Å². The topological polar surface area (TPSA) is 89.8 Å². The van der Waals surface area contributed by atoms with Crippen molar-refractivity contribution >= 4 is 5.91 Å². The summed E-state index contributed by atoms with van der Waals surface area (Å²) in [6.07, 6.45) is 33.3. The number of aliphatic hydroxyl groups excluding tert-OH is 3. The van der Waals surface area contributed by atoms with Crippen molar-refractivity contribution in [2.75, 3.05) is 6.61 Å². The van der Waals surface area contributed by atoms with Crippen molar-refractivity contribution in [2.45, 2.75) is 180 Å². The number of allylic oxidation sites excluding steroid dienone is 3. The summed E-state index contributed by atoms with van der Waals surface area (Å²) in [6, 6.07) is -0.797. The summed E-state index contributed by atoms with van der Waals surface area (Å²) >= 11 is 0. The average Bonchev–Trinajstić information content (AvgIpc) is 2.94. The first-order valence-corrected chi connectivity index (χ1v) is 16.7. The lowest BCUT2D eigenvalue weighted by Gasteiger charge is -2.21. The molecule has 230 valence electrons. The van der Waals surface area contributed by atoms with E-state index in [1.807, 2.05) is 6.08 Å². The van der Waals surface area contributed by atoms with Gasteiger partial charge in [-0.3, -0.25) is 4.79 Å². The van der Waals surface area contributed by atoms with Gasteiger partial charge in [-0.1, -0.05) is 141 Å². The van der Waals surface area contributed by atoms with E-state index in [9.17, 15) is 20.1 Å². The number of carbonyl (C=O) groups is 1. The van der Waals surface area contributed by atoms with Crippen molar-refractivity contribution in [3.05, 3.63) is 24.3 Å². The molecule has 0 heterocycles. The third kappa shape index (κ3) is 25.5. The number of hydrogen-bond donors (Lipinski definition) is 4. The monoisotopic (exact) mass is 551 g/mol. The number of nitrogens with one attached hydrogen (secondary N) is 1. The molecule has 39 heavy (non-hydrogen) atoms. The second kappa shape index (κ2) is 29.8. The van der Waals surface area contributed by atoms with Gasteiger partial charge in [-0.25, -0.2) is 0 Å². The first kappa shape index (κ1) is 37.8. The molecule has 5 nitrogen and oxygen atoms in total. The molecule has 0 spiro atoms. The van der Waals surface area contributed by atoms with Crippen LogP contribution in [0.3, 0.4) is 0 Å². The molecule has 0 saturated heterocycles. The average molecular weight is 552 g/mol. The van der Waals surface area contributed by atoms with Crippen LogP contribution < -0.4 is 5.32 Å². The van der Waals surface area contributed by atoms with Crippen LogP contribution in [-0.4, -0.2) is 46.1 Å². The fourth-order valence-electron chi connectivity index (χ4n) is 4.82. The van der Waals surface area contributed by atoms with Crippen LogP contribution in [0.2, 0.25) is 0 Å². The first-order chi connectivity index (χ1) is 19.1. The maximum absolute atomic E-state index is 12.3. The van der Waals surface area contributed by atoms with Crippen molar-refractivity contribution in [3.8, 4) is 0 Å². The van der Waals surface area contributed by atoms with Gasteiger partial charge in [0.15, 0.2) is 0 Å². The summed E-state index contributed by atoms with van der Waals surface area (Å²) in [5.41, 5.74) is 0. The fourth-order valence-corrected chi connectivity index (χ4v) is 4.82. The molecule has 0 aromatic rings. The molecule has 0 radical (unpaired) electrons. The Morgan fingerprint density at radius 1 is 0.615 bits per heavy atom. The maximum atomic E-state index is 12.3. The van der Waals surface area contributed by atoms with Crippen LogP contribution in [0.1, 0.15) is 162 Å². The molecule has 0 aliphatic carbocycles. The van der Waals surface area contributed by atoms with Crippen molar-refractivity contribution in [1.82, 2.24) is 5.32 Å². The predicted octanol–water partition coefficient (Wildman–Crippen LogP) is 8.31. The van der Waals surface area contributed by atoms with Gasteiger partial charge in [-0.2, -0.15) is 0 Å². The normalized spacial score (nSPS) is 14.3. The molecule has 3 unspecified atom stereocenters. The van der Waals surface area contributed by atoms with Gasteiger partial charge in [-0.05, 0) is 44.9 Å². The summed E-state index contributed by atoms with van der Waals surface area (Å²) in [6.45, 7) is 4.11. The Hall–Kier alpha value is -1.17. The minimum Gasteiger partial charge on any atom is -0.394 e. The summed E-state index contributed by atoms with van der Waals surface area (Å²) in [5, 5.41) is 32.8. The number of carbonyl (C=O) groups excluding carboxylic acids is 1. The lowest BCUT2D eigenvalue weighted by atomic mass is 10.0. The van der Waals surface area contributed by atoms with E-state index in [0.717, 1.165) is 44.9 Å². The molecule has 0 aromatic heterocycles. The standard InChI is InChI=1S/C34H65NO4/c1-3-5-7-9-11-13-15-16-17-19-20-22-24-26-28-32(37)31(30-36)35-34(39)33(38)29-27-25-23-21-18-14-12-10-8-6-4-2/h12,14,26,28,31-33,36-38H,3-11,13,15-25,27,29-30H2,1-2H3,(H,35,39)/b14-12-,28-26+. The Morgan fingerprint density at radius 2 is 1.03 bits per heavy atom. The zero-order valence-corrected chi connectivity index (χ0v) is 25.8. The van der Waals surface area contributed by atoms with Crippen molar-refractivity contribution in [3.63, 3.8) is 0 Å². The van der Waals surface area contributed by atoms with Crippen LogP contribution in [0.4, 0.5) is 0 Å². The second-order valence-electron chi connectivity index (χ2n) is 11.4. The highest BCUT2D eigenvalue weighted by atomic mass is 16.3. The summed E-state index contributed by atoms with van der Waals surface area (Å²) in [5.74, 6) is -0.516. The highest BCUT2D eigenvalue weighted by molar-refractivity contribution is 5.80. The Balaban J connectivity index is 3.82. The van der Waals surface area contributed by atoms with Gasteiger partial charge in [0, 0.05) is 0 Å². The third-order valence-electron chi connectivity index (χ3n) is 7.54. The molecular weight excluding hydrogens is 486 g/mol. The third-order valence-corrected chi connectivity index (χ3v) is 7.54. The number of unbranched alkanes of at least 4 members (excludes halogenated alkanes) is 19. The molecule has 0 bridgehead atoms. The van der Waals surface area contributed by atoms with Crippen molar-refractivity contribution in [2.24, 2.45) is 0 Å². The Kier molecular flexibility index (Phi) is 28.9. The molecule has 3 atom stereocenters. The van der Waals surface area contributed by atoms with Gasteiger partial charge in [0.2, 0.25) is 5.91 Å². The molecule has 0 aliphatic rings. The van der Waals surface area contributed by atoms with Gasteiger partial charge < -0.3 is 20.6 Å². The van der Waals surface area contributed by atoms with Gasteiger partial charge >= 0.3 is 0 Å². The zero-order chi connectivity index (χ0) is 28.8. The largest absolute Gasteiger partial charge is 0.394 e. The lowest BCUT2D eigenvalue weighted by molar-refractivity contribution is -0.131. The molecular formula is C34H65NO4. The van der Waals surface area contributed by atoms with Gasteiger partial charge in [0.1, 0.15) is 6.10 Å². The van der Waals surface area contributed by atoms with Crippen molar-refractivity contribution in [1.29, 1.82) is 0 Å². The minimum atomic E-state index is -1.10. The van der Waals surface area contributed by atoms with Crippen LogP contribution in [-0.2, 0) is 4.79 Å². The van der Waals surface area contributed by atoms with Crippen LogP contribution >= 0.6 is 0 Å². The number of hydrogen-bond acceptors (Lipinski definition) is 4. The van der Waals surface area contributed by atoms with Crippen LogP contribution in [0.15, 0.2) is 24.3 Å². The SMILES string of the molecule is CCCCC/C=C\CCCCCCC(O)C(=O)NC(CO)C(O)/C=C/CCCCCCCCCCCCCC. The maximum Gasteiger partial charge on any atom is 0.249 e. The minimum absolute atomic E-state index is 0.367. The number of amides is 1. The Morgan fingerprint density at radius 3 is 1.54 bits per heavy atom. The molecule has 0 fully saturated rings. The van der Waals surface area contributed by atoms with Crippen LogP contribution in [0, 0.1) is 0 Å². The van der Waals surface area contributed by atoms with Gasteiger partial charge in [-0.15, -0.1) is 0 Å². The van der Waals surface area contributed by atoms with E-state index < -0.39 is 24.2 Å². The molecule has 4 N–H and O–H groups in total. The molecule has 5 heteroatoms. The molecule has 0 saturated carbocycles. The number of aliphatic hydroxyl groups is 3. The Bertz CT molecular complexity index is 578. The summed E-state index contributed by atoms with van der Waals surface area (Å²) in [7, 11) is 0. The summed E-state index contributed by atoms with van der Waals surface area (Å²) in [4.78, 5) is 12.3. The number of rotatable bonds is 29. The molecule has 0 rings (SSSR count). The van der Waals surface area contributed by atoms with Gasteiger partial charge in [0.05, 0.1) is 18.8 Å². The van der Waals surface area contributed by atoms with E-state index in [1.54, 1.807) is 6.08 Å². The first-order valence-electron chi connectivity index (χ1n) is 16.7. The second-order valence-corrected chi connectivity index (χ2v) is 11.4. The quantitative estimate of drug-likeness (QED) is 0.0556. The molecule has 1 amide bonds. The fraction of sp³-hybridized carbons (Fsp3) is 0.853. The highest BCUT2D eigenvalue weighted by Crippen LogP contribution is 2.13. The van der Waals surface area contributed by atoms with Gasteiger partial charge in [0.25, 0.3) is 0 Å². The van der Waals surface area contributed by atoms with E-state index in [4.69, 9.17) is 0 Å². The van der Waals surface area contributed by atoms with E-state index in [1.165, 1.54) is 96.3 Å². The molecule has 0 aromatic carbocycles. The predicted molar refractivity (Wildman–Crippen MR) is 167 cm³/mol. The van der Waals surface area contributed by atoms with Crippen LogP contribution in [0.25, 0.3) is 0 Å². The lowest BCUT2D eigenvalue weighted by Crippen LogP contribution is -2.48. The van der Waals surface area contributed by atoms with Crippen molar-refractivity contribution < 1.29 is 20.1 Å². The smallest absolute Gasteiger partial charge is 0.249 e. The van der Waals surface area contributed by atoms with E-state index in [2.05, 4.69) is 31.3 Å². The van der Waals surface area contributed by atoms with Crippen LogP contribution in [0.5, 0.6) is 0 Å². The highest BCUT2D eigenvalue weighted by Gasteiger charge is 2.22. The Labute approximate surface area is 241 Å². The zero-order valence-electron chi connectivity index (χ0n) is 25.8. The molecule has 0 aliphatic heterocycles. The van der Waals surface area contributed by atoms with E-state index in [-0.39, 0.29) is 6.61 Å². The van der Waals surface area contributed by atoms with E-state index in [0.29, 0.717) is 6.42 Å².